The molecule has 8 heteroatoms. The molecule has 0 atom stereocenters. The lowest BCUT2D eigenvalue weighted by Gasteiger charge is -2.09. The van der Waals surface area contributed by atoms with Gasteiger partial charge in [-0.05, 0) is 18.2 Å². The second kappa shape index (κ2) is 8.06. The second-order valence-corrected chi connectivity index (χ2v) is 7.53. The fourth-order valence-electron chi connectivity index (χ4n) is 2.93. The number of nitrogens with one attached hydrogen (secondary N) is 1. The van der Waals surface area contributed by atoms with Crippen LogP contribution in [0.4, 0.5) is 5.69 Å². The molecule has 146 valence electrons. The van der Waals surface area contributed by atoms with E-state index in [4.69, 9.17) is 16.3 Å². The summed E-state index contributed by atoms with van der Waals surface area (Å²) in [5.41, 5.74) is 3.37. The number of amides is 1. The highest BCUT2D eigenvalue weighted by atomic mass is 35.5. The standard InChI is InChI=1S/C21H16ClN3O3S/c1-28-20(27)14-7-8-16(22)17(9-14)23-19(26)10-15-12-29-21-24-18(11-25(15)21)13-5-3-2-4-6-13/h2-9,11-12H,10H2,1H3,(H,23,26). The molecule has 2 aromatic heterocycles. The van der Waals surface area contributed by atoms with Crippen LogP contribution in [0.1, 0.15) is 16.1 Å². The first-order valence-electron chi connectivity index (χ1n) is 8.74. The summed E-state index contributed by atoms with van der Waals surface area (Å²) in [6, 6.07) is 14.5. The van der Waals surface area contributed by atoms with Crippen molar-refractivity contribution in [3.05, 3.63) is 76.4 Å². The van der Waals surface area contributed by atoms with Gasteiger partial charge < -0.3 is 10.1 Å². The molecule has 4 aromatic rings. The van der Waals surface area contributed by atoms with E-state index in [1.54, 1.807) is 12.1 Å². The van der Waals surface area contributed by atoms with Crippen LogP contribution in [0.3, 0.4) is 0 Å². The van der Waals surface area contributed by atoms with E-state index in [0.717, 1.165) is 21.9 Å². The average molecular weight is 426 g/mol. The number of aromatic nitrogens is 2. The first-order chi connectivity index (χ1) is 14.0. The number of methoxy groups -OCH3 is 1. The monoisotopic (exact) mass is 425 g/mol. The number of anilines is 1. The lowest BCUT2D eigenvalue weighted by molar-refractivity contribution is -0.115. The van der Waals surface area contributed by atoms with Crippen molar-refractivity contribution in [2.75, 3.05) is 12.4 Å². The van der Waals surface area contributed by atoms with Crippen molar-refractivity contribution in [3.8, 4) is 11.3 Å². The molecule has 0 aliphatic carbocycles. The molecule has 29 heavy (non-hydrogen) atoms. The normalized spacial score (nSPS) is 10.8. The summed E-state index contributed by atoms with van der Waals surface area (Å²) in [6.07, 6.45) is 2.07. The average Bonchev–Trinajstić information content (AvgIpc) is 3.32. The molecule has 0 unspecified atom stereocenters. The molecule has 0 radical (unpaired) electrons. The molecule has 0 aliphatic rings. The smallest absolute Gasteiger partial charge is 0.337 e. The van der Waals surface area contributed by atoms with Gasteiger partial charge in [-0.25, -0.2) is 9.78 Å². The summed E-state index contributed by atoms with van der Waals surface area (Å²) in [5, 5.41) is 5.01. The Morgan fingerprint density at radius 3 is 2.76 bits per heavy atom. The molecule has 0 saturated heterocycles. The van der Waals surface area contributed by atoms with E-state index in [-0.39, 0.29) is 12.3 Å². The summed E-state index contributed by atoms with van der Waals surface area (Å²) in [7, 11) is 1.30. The van der Waals surface area contributed by atoms with E-state index in [9.17, 15) is 9.59 Å². The molecule has 4 rings (SSSR count). The van der Waals surface area contributed by atoms with Crippen molar-refractivity contribution < 1.29 is 14.3 Å². The molecule has 0 saturated carbocycles. The Bertz CT molecular complexity index is 1200. The SMILES string of the molecule is COC(=O)c1ccc(Cl)c(NC(=O)Cc2csc3nc(-c4ccccc4)cn23)c1. The lowest BCUT2D eigenvalue weighted by atomic mass is 10.2. The van der Waals surface area contributed by atoms with Gasteiger partial charge in [0, 0.05) is 22.8 Å². The number of thiazole rings is 1. The van der Waals surface area contributed by atoms with Crippen molar-refractivity contribution in [1.29, 1.82) is 0 Å². The van der Waals surface area contributed by atoms with Gasteiger partial charge in [0.2, 0.25) is 5.91 Å². The van der Waals surface area contributed by atoms with Crippen LogP contribution in [0.15, 0.2) is 60.1 Å². The van der Waals surface area contributed by atoms with Gasteiger partial charge in [0.05, 0.1) is 35.5 Å². The fourth-order valence-corrected chi connectivity index (χ4v) is 3.97. The molecule has 0 bridgehead atoms. The minimum absolute atomic E-state index is 0.142. The van der Waals surface area contributed by atoms with E-state index in [0.29, 0.717) is 16.3 Å². The van der Waals surface area contributed by atoms with Crippen LogP contribution in [0.25, 0.3) is 16.2 Å². The number of imidazole rings is 1. The molecule has 0 aliphatic heterocycles. The highest BCUT2D eigenvalue weighted by Crippen LogP contribution is 2.26. The number of fused-ring (bicyclic) bond motifs is 1. The quantitative estimate of drug-likeness (QED) is 0.471. The van der Waals surface area contributed by atoms with E-state index >= 15 is 0 Å². The minimum atomic E-state index is -0.497. The number of carbonyl (C=O) groups is 2. The van der Waals surface area contributed by atoms with Crippen molar-refractivity contribution in [3.63, 3.8) is 0 Å². The van der Waals surface area contributed by atoms with Gasteiger partial charge in [0.1, 0.15) is 0 Å². The van der Waals surface area contributed by atoms with Crippen LogP contribution in [0.5, 0.6) is 0 Å². The summed E-state index contributed by atoms with van der Waals surface area (Å²) in [5.74, 6) is -0.743. The Hall–Kier alpha value is -3.16. The van der Waals surface area contributed by atoms with Crippen molar-refractivity contribution in [2.45, 2.75) is 6.42 Å². The molecule has 2 aromatic carbocycles. The Morgan fingerprint density at radius 1 is 1.21 bits per heavy atom. The third-order valence-corrected chi connectivity index (χ3v) is 5.57. The van der Waals surface area contributed by atoms with Crippen molar-refractivity contribution in [2.24, 2.45) is 0 Å². The molecule has 0 fully saturated rings. The maximum absolute atomic E-state index is 12.6. The molecule has 1 amide bonds. The molecular weight excluding hydrogens is 410 g/mol. The fraction of sp³-hybridized carbons (Fsp3) is 0.0952. The highest BCUT2D eigenvalue weighted by molar-refractivity contribution is 7.15. The Balaban J connectivity index is 1.54. The van der Waals surface area contributed by atoms with Crippen molar-refractivity contribution in [1.82, 2.24) is 9.38 Å². The number of esters is 1. The van der Waals surface area contributed by atoms with Gasteiger partial charge in [0.15, 0.2) is 4.96 Å². The third kappa shape index (κ3) is 4.01. The predicted molar refractivity (Wildman–Crippen MR) is 114 cm³/mol. The van der Waals surface area contributed by atoms with Gasteiger partial charge in [-0.2, -0.15) is 0 Å². The maximum atomic E-state index is 12.6. The molecule has 2 heterocycles. The zero-order chi connectivity index (χ0) is 20.4. The zero-order valence-electron chi connectivity index (χ0n) is 15.4. The van der Waals surface area contributed by atoms with E-state index < -0.39 is 5.97 Å². The molecule has 6 nitrogen and oxygen atoms in total. The number of nitrogens with zero attached hydrogens (tertiary/aromatic N) is 2. The molecular formula is C21H16ClN3O3S. The minimum Gasteiger partial charge on any atom is -0.465 e. The third-order valence-electron chi connectivity index (χ3n) is 4.36. The largest absolute Gasteiger partial charge is 0.465 e. The van der Waals surface area contributed by atoms with E-state index in [2.05, 4.69) is 10.3 Å². The summed E-state index contributed by atoms with van der Waals surface area (Å²) in [4.78, 5) is 29.7. The van der Waals surface area contributed by atoms with Crippen LogP contribution in [0.2, 0.25) is 5.02 Å². The summed E-state index contributed by atoms with van der Waals surface area (Å²) >= 11 is 7.63. The first-order valence-corrected chi connectivity index (χ1v) is 9.99. The Kier molecular flexibility index (Phi) is 5.33. The Labute approximate surface area is 175 Å². The zero-order valence-corrected chi connectivity index (χ0v) is 17.0. The Morgan fingerprint density at radius 2 is 2.00 bits per heavy atom. The predicted octanol–water partition coefficient (Wildman–Crippen LogP) is 4.68. The van der Waals surface area contributed by atoms with Crippen LogP contribution in [0, 0.1) is 0 Å². The number of halogens is 1. The molecule has 0 spiro atoms. The summed E-state index contributed by atoms with van der Waals surface area (Å²) < 4.78 is 6.62. The van der Waals surface area contributed by atoms with Gasteiger partial charge in [-0.3, -0.25) is 9.20 Å². The number of carbonyl (C=O) groups excluding carboxylic acids is 2. The molecule has 1 N–H and O–H groups in total. The second-order valence-electron chi connectivity index (χ2n) is 6.28. The number of hydrogen-bond acceptors (Lipinski definition) is 5. The number of hydrogen-bond donors (Lipinski definition) is 1. The van der Waals surface area contributed by atoms with Crippen molar-refractivity contribution >= 4 is 45.5 Å². The number of ether oxygens (including phenoxy) is 1. The lowest BCUT2D eigenvalue weighted by Crippen LogP contribution is -2.16. The van der Waals surface area contributed by atoms with Gasteiger partial charge in [0.25, 0.3) is 0 Å². The highest BCUT2D eigenvalue weighted by Gasteiger charge is 2.15. The number of benzene rings is 2. The van der Waals surface area contributed by atoms with Gasteiger partial charge >= 0.3 is 5.97 Å². The van der Waals surface area contributed by atoms with E-state index in [1.807, 2.05) is 46.3 Å². The van der Waals surface area contributed by atoms with E-state index in [1.165, 1.54) is 24.5 Å². The number of rotatable bonds is 5. The van der Waals surface area contributed by atoms with Crippen LogP contribution in [-0.2, 0) is 16.0 Å². The van der Waals surface area contributed by atoms with Gasteiger partial charge in [-0.1, -0.05) is 41.9 Å². The van der Waals surface area contributed by atoms with Crippen LogP contribution >= 0.6 is 22.9 Å². The summed E-state index contributed by atoms with van der Waals surface area (Å²) in [6.45, 7) is 0. The maximum Gasteiger partial charge on any atom is 0.337 e. The van der Waals surface area contributed by atoms with Crippen LogP contribution in [-0.4, -0.2) is 28.4 Å². The topological polar surface area (TPSA) is 72.7 Å². The van der Waals surface area contributed by atoms with Crippen LogP contribution < -0.4 is 5.32 Å². The van der Waals surface area contributed by atoms with Gasteiger partial charge in [-0.15, -0.1) is 11.3 Å². The first kappa shape index (κ1) is 19.2.